The highest BCUT2D eigenvalue weighted by Crippen LogP contribution is 2.36. The van der Waals surface area contributed by atoms with Crippen molar-refractivity contribution in [3.63, 3.8) is 0 Å². The maximum absolute atomic E-state index is 13.9. The van der Waals surface area contributed by atoms with Gasteiger partial charge in [0.1, 0.15) is 23.9 Å². The first-order chi connectivity index (χ1) is 23.0. The number of pyridine rings is 1. The number of phenols is 1. The maximum Gasteiger partial charge on any atom is 0.264 e. The molecule has 13 nitrogen and oxygen atoms in total. The normalized spacial score (nSPS) is 13.1. The molecule has 0 saturated carbocycles. The van der Waals surface area contributed by atoms with Gasteiger partial charge in [-0.1, -0.05) is 35.3 Å². The van der Waals surface area contributed by atoms with E-state index in [9.17, 15) is 23.9 Å². The molecular formula is C32H29Cl2FN8O5. The Labute approximate surface area is 282 Å². The van der Waals surface area contributed by atoms with E-state index in [1.54, 1.807) is 18.2 Å². The fourth-order valence-corrected chi connectivity index (χ4v) is 5.74. The van der Waals surface area contributed by atoms with Crippen molar-refractivity contribution in [2.45, 2.75) is 13.1 Å². The SMILES string of the molecule is Cn1c(NCc2ccc(F)cc2)nc2c(c(-c3cc(Cl)c(O)c(C(N)=O)c3)cn2CC(=O)Nc2cc(N3CCOCC3)ncc2Cl)c1=O. The van der Waals surface area contributed by atoms with Crippen LogP contribution in [0.3, 0.4) is 0 Å². The summed E-state index contributed by atoms with van der Waals surface area (Å²) >= 11 is 12.6. The highest BCUT2D eigenvalue weighted by Gasteiger charge is 2.23. The van der Waals surface area contributed by atoms with Gasteiger partial charge in [0.25, 0.3) is 11.5 Å². The number of aromatic nitrogens is 4. The molecule has 2 amide bonds. The quantitative estimate of drug-likeness (QED) is 0.177. The van der Waals surface area contributed by atoms with Crippen LogP contribution in [0.5, 0.6) is 5.75 Å². The molecule has 5 aromatic rings. The molecule has 1 fully saturated rings. The Balaban J connectivity index is 1.40. The van der Waals surface area contributed by atoms with Gasteiger partial charge in [-0.2, -0.15) is 4.98 Å². The molecule has 5 N–H and O–H groups in total. The van der Waals surface area contributed by atoms with Crippen LogP contribution in [0, 0.1) is 5.82 Å². The van der Waals surface area contributed by atoms with Crippen LogP contribution in [0.2, 0.25) is 10.0 Å². The molecule has 1 saturated heterocycles. The molecule has 3 aromatic heterocycles. The summed E-state index contributed by atoms with van der Waals surface area (Å²) in [5.41, 5.74) is 6.55. The Morgan fingerprint density at radius 3 is 2.54 bits per heavy atom. The molecule has 48 heavy (non-hydrogen) atoms. The summed E-state index contributed by atoms with van der Waals surface area (Å²) in [6.45, 7) is 2.30. The number of primary amides is 1. The van der Waals surface area contributed by atoms with E-state index >= 15 is 0 Å². The summed E-state index contributed by atoms with van der Waals surface area (Å²) in [5.74, 6) is -1.48. The minimum absolute atomic E-state index is 0.117. The number of nitrogens with one attached hydrogen (secondary N) is 2. The maximum atomic E-state index is 13.9. The molecule has 1 aliphatic heterocycles. The predicted octanol–water partition coefficient (Wildman–Crippen LogP) is 4.13. The number of carbonyl (C=O) groups excluding carboxylic acids is 2. The van der Waals surface area contributed by atoms with E-state index < -0.39 is 23.1 Å². The van der Waals surface area contributed by atoms with E-state index in [1.165, 1.54) is 52.8 Å². The lowest BCUT2D eigenvalue weighted by molar-refractivity contribution is -0.116. The van der Waals surface area contributed by atoms with Crippen LogP contribution >= 0.6 is 23.2 Å². The largest absolute Gasteiger partial charge is 0.506 e. The van der Waals surface area contributed by atoms with E-state index in [0.717, 1.165) is 5.56 Å². The summed E-state index contributed by atoms with van der Waals surface area (Å²) in [4.78, 5) is 50.6. The molecule has 0 spiro atoms. The fourth-order valence-electron chi connectivity index (χ4n) is 5.37. The number of anilines is 3. The van der Waals surface area contributed by atoms with Gasteiger partial charge in [-0.15, -0.1) is 0 Å². The van der Waals surface area contributed by atoms with E-state index in [-0.39, 0.29) is 62.6 Å². The zero-order valence-electron chi connectivity index (χ0n) is 25.5. The number of nitrogens with zero attached hydrogens (tertiary/aromatic N) is 5. The van der Waals surface area contributed by atoms with Gasteiger partial charge in [0.05, 0.1) is 46.1 Å². The number of aromatic hydroxyl groups is 1. The molecule has 0 radical (unpaired) electrons. The summed E-state index contributed by atoms with van der Waals surface area (Å²) in [7, 11) is 1.52. The number of carbonyl (C=O) groups is 2. The summed E-state index contributed by atoms with van der Waals surface area (Å²) in [5, 5.41) is 16.4. The Morgan fingerprint density at radius 2 is 1.83 bits per heavy atom. The molecule has 1 aliphatic rings. The second-order valence-corrected chi connectivity index (χ2v) is 11.9. The minimum atomic E-state index is -0.927. The van der Waals surface area contributed by atoms with Crippen LogP contribution in [0.15, 0.2) is 59.7 Å². The second-order valence-electron chi connectivity index (χ2n) is 11.0. The van der Waals surface area contributed by atoms with Crippen molar-refractivity contribution in [2.24, 2.45) is 12.8 Å². The molecule has 4 heterocycles. The lowest BCUT2D eigenvalue weighted by Crippen LogP contribution is -2.36. The Kier molecular flexibility index (Phi) is 9.22. The number of amides is 2. The standard InChI is InChI=1S/C32H29Cl2FN8O5/c1-41-31(47)27-21(18-10-20(29(36)46)28(45)22(33)11-18)15-43(30(27)40-32(41)38-13-17-2-4-19(35)5-3-17)16-26(44)39-24-12-25(37-14-23(24)34)42-6-8-48-9-7-42/h2-5,10-12,14-15,45H,6-9,13,16H2,1H3,(H2,36,46)(H,38,40)(H,37,39,44). The van der Waals surface area contributed by atoms with Gasteiger partial charge in [-0.05, 0) is 35.4 Å². The summed E-state index contributed by atoms with van der Waals surface area (Å²) < 4.78 is 21.6. The van der Waals surface area contributed by atoms with Crippen molar-refractivity contribution in [2.75, 3.05) is 41.8 Å². The van der Waals surface area contributed by atoms with Gasteiger partial charge in [0, 0.05) is 44.5 Å². The van der Waals surface area contributed by atoms with Crippen LogP contribution in [0.25, 0.3) is 22.2 Å². The second kappa shape index (κ2) is 13.5. The third-order valence-electron chi connectivity index (χ3n) is 7.87. The smallest absolute Gasteiger partial charge is 0.264 e. The number of halogens is 3. The first-order valence-corrected chi connectivity index (χ1v) is 15.4. The van der Waals surface area contributed by atoms with Crippen molar-refractivity contribution in [1.29, 1.82) is 0 Å². The van der Waals surface area contributed by atoms with Gasteiger partial charge in [-0.3, -0.25) is 19.0 Å². The molecular weight excluding hydrogens is 666 g/mol. The number of rotatable bonds is 9. The van der Waals surface area contributed by atoms with Gasteiger partial charge >= 0.3 is 0 Å². The first-order valence-electron chi connectivity index (χ1n) is 14.7. The highest BCUT2D eigenvalue weighted by molar-refractivity contribution is 6.34. The number of hydrogen-bond donors (Lipinski definition) is 4. The summed E-state index contributed by atoms with van der Waals surface area (Å²) in [6.07, 6.45) is 2.99. The number of morpholine rings is 1. The average molecular weight is 696 g/mol. The van der Waals surface area contributed by atoms with Crippen LogP contribution in [0.4, 0.5) is 21.8 Å². The van der Waals surface area contributed by atoms with Crippen LogP contribution in [0.1, 0.15) is 15.9 Å². The topological polar surface area (TPSA) is 170 Å². The third kappa shape index (κ3) is 6.63. The van der Waals surface area contributed by atoms with Crippen LogP contribution in [-0.4, -0.2) is 62.3 Å². The van der Waals surface area contributed by atoms with Crippen molar-refractivity contribution >= 4 is 63.5 Å². The number of benzene rings is 2. The monoisotopic (exact) mass is 694 g/mol. The molecule has 0 atom stereocenters. The predicted molar refractivity (Wildman–Crippen MR) is 180 cm³/mol. The van der Waals surface area contributed by atoms with Crippen molar-refractivity contribution in [3.05, 3.63) is 92.2 Å². The number of nitrogens with two attached hydrogens (primary N) is 1. The van der Waals surface area contributed by atoms with Crippen molar-refractivity contribution in [3.8, 4) is 16.9 Å². The molecule has 2 aromatic carbocycles. The Bertz CT molecular complexity index is 2110. The average Bonchev–Trinajstić information content (AvgIpc) is 3.42. The highest BCUT2D eigenvalue weighted by atomic mass is 35.5. The molecule has 0 unspecified atom stereocenters. The first kappa shape index (κ1) is 32.7. The molecule has 0 bridgehead atoms. The summed E-state index contributed by atoms with van der Waals surface area (Å²) in [6, 6.07) is 10.2. The lowest BCUT2D eigenvalue weighted by Gasteiger charge is -2.28. The van der Waals surface area contributed by atoms with Crippen LogP contribution < -0.4 is 26.8 Å². The van der Waals surface area contributed by atoms with Gasteiger partial charge in [0.15, 0.2) is 5.65 Å². The van der Waals surface area contributed by atoms with E-state index in [1.807, 2.05) is 4.90 Å². The fraction of sp³-hybridized carbons (Fsp3) is 0.219. The Morgan fingerprint density at radius 1 is 1.10 bits per heavy atom. The molecule has 6 rings (SSSR count). The third-order valence-corrected chi connectivity index (χ3v) is 8.46. The van der Waals surface area contributed by atoms with Crippen LogP contribution in [-0.2, 0) is 29.7 Å². The molecule has 248 valence electrons. The van der Waals surface area contributed by atoms with Gasteiger partial charge < -0.3 is 35.7 Å². The van der Waals surface area contributed by atoms with Gasteiger partial charge in [-0.25, -0.2) is 9.37 Å². The van der Waals surface area contributed by atoms with E-state index in [2.05, 4.69) is 15.6 Å². The number of ether oxygens (including phenoxy) is 1. The lowest BCUT2D eigenvalue weighted by atomic mass is 10.0. The van der Waals surface area contributed by atoms with Crippen molar-refractivity contribution < 1.29 is 23.8 Å². The molecule has 16 heteroatoms. The number of fused-ring (bicyclic) bond motifs is 1. The number of hydrogen-bond acceptors (Lipinski definition) is 9. The Hall–Kier alpha value is -5.18. The minimum Gasteiger partial charge on any atom is -0.506 e. The van der Waals surface area contributed by atoms with E-state index in [4.69, 9.17) is 38.7 Å². The zero-order chi connectivity index (χ0) is 34.1. The van der Waals surface area contributed by atoms with Gasteiger partial charge in [0.2, 0.25) is 11.9 Å². The van der Waals surface area contributed by atoms with Crippen molar-refractivity contribution in [1.82, 2.24) is 19.1 Å². The molecule has 0 aliphatic carbocycles. The van der Waals surface area contributed by atoms with E-state index in [0.29, 0.717) is 37.8 Å². The zero-order valence-corrected chi connectivity index (χ0v) is 27.0.